The molecule has 0 unspecified atom stereocenters. The van der Waals surface area contributed by atoms with Crippen molar-refractivity contribution in [2.75, 3.05) is 18.1 Å². The van der Waals surface area contributed by atoms with Gasteiger partial charge in [0.2, 0.25) is 5.91 Å². The number of aryl methyl sites for hydroxylation is 1. The van der Waals surface area contributed by atoms with Crippen LogP contribution in [0.5, 0.6) is 0 Å². The monoisotopic (exact) mass is 591 g/mol. The average Bonchev–Trinajstić information content (AvgIpc) is 2.99. The number of aromatic nitrogens is 2. The van der Waals surface area contributed by atoms with E-state index in [1.54, 1.807) is 4.90 Å². The molecule has 1 atom stereocenters. The molecule has 0 aliphatic carbocycles. The number of unbranched alkanes of at least 4 members (excludes halogenated alkanes) is 4. The molecule has 0 bridgehead atoms. The summed E-state index contributed by atoms with van der Waals surface area (Å²) in [5.41, 5.74) is 2.03. The fraction of sp³-hybridized carbons (Fsp3) is 0.471. The number of benzene rings is 2. The highest BCUT2D eigenvalue weighted by Gasteiger charge is 2.25. The Kier molecular flexibility index (Phi) is 13.3. The molecule has 0 spiro atoms. The summed E-state index contributed by atoms with van der Waals surface area (Å²) in [6.45, 7) is 10.8. The van der Waals surface area contributed by atoms with E-state index in [1.165, 1.54) is 28.8 Å². The second kappa shape index (κ2) is 16.9. The first-order valence-electron chi connectivity index (χ1n) is 15.2. The van der Waals surface area contributed by atoms with Crippen LogP contribution in [0.15, 0.2) is 70.4 Å². The van der Waals surface area contributed by atoms with Gasteiger partial charge in [-0.1, -0.05) is 83.7 Å². The van der Waals surface area contributed by atoms with Gasteiger partial charge in [0, 0.05) is 35.2 Å². The van der Waals surface area contributed by atoms with E-state index in [0.29, 0.717) is 31.1 Å². The molecule has 1 amide bonds. The van der Waals surface area contributed by atoms with E-state index < -0.39 is 0 Å². The molecule has 0 saturated heterocycles. The number of rotatable bonds is 16. The average molecular weight is 592 g/mol. The first-order valence-corrected chi connectivity index (χ1v) is 16.1. The third-order valence-electron chi connectivity index (χ3n) is 7.09. The van der Waals surface area contributed by atoms with Gasteiger partial charge in [0.1, 0.15) is 17.6 Å². The lowest BCUT2D eigenvalue weighted by molar-refractivity contribution is -0.143. The molecule has 0 aliphatic rings. The van der Waals surface area contributed by atoms with Crippen molar-refractivity contribution in [2.45, 2.75) is 89.8 Å². The first-order chi connectivity index (χ1) is 20.3. The minimum Gasteiger partial charge on any atom is -0.465 e. The van der Waals surface area contributed by atoms with Gasteiger partial charge in [-0.3, -0.25) is 19.0 Å². The van der Waals surface area contributed by atoms with Crippen LogP contribution in [0.3, 0.4) is 0 Å². The van der Waals surface area contributed by atoms with Gasteiger partial charge in [0.15, 0.2) is 0 Å². The van der Waals surface area contributed by atoms with Gasteiger partial charge in [-0.05, 0) is 43.5 Å². The van der Waals surface area contributed by atoms with Gasteiger partial charge in [-0.25, -0.2) is 4.98 Å². The largest absolute Gasteiger partial charge is 0.465 e. The minimum atomic E-state index is -0.308. The number of carbonyl (C=O) groups is 2. The molecule has 3 aromatic rings. The normalized spacial score (nSPS) is 11.9. The van der Waals surface area contributed by atoms with E-state index >= 15 is 0 Å². The SMILES string of the molecule is CCCCCCCN(C(=O)Cn1c(CC)nc(-c2ccccc2)cc1=O)c1ccc(S[C@H](C(=O)OCC)C(C)C)cc1. The molecule has 0 aliphatic heterocycles. The summed E-state index contributed by atoms with van der Waals surface area (Å²) in [5, 5.41) is -0.308. The first kappa shape index (κ1) is 33.1. The smallest absolute Gasteiger partial charge is 0.319 e. The Balaban J connectivity index is 1.84. The quantitative estimate of drug-likeness (QED) is 0.0999. The Morgan fingerprint density at radius 2 is 1.64 bits per heavy atom. The summed E-state index contributed by atoms with van der Waals surface area (Å²) < 4.78 is 6.77. The Hall–Kier alpha value is -3.39. The molecule has 226 valence electrons. The van der Waals surface area contributed by atoms with Gasteiger partial charge >= 0.3 is 5.97 Å². The second-order valence-electron chi connectivity index (χ2n) is 10.7. The predicted molar refractivity (Wildman–Crippen MR) is 172 cm³/mol. The van der Waals surface area contributed by atoms with Crippen molar-refractivity contribution in [1.82, 2.24) is 9.55 Å². The summed E-state index contributed by atoms with van der Waals surface area (Å²) in [5.74, 6) is 0.337. The highest BCUT2D eigenvalue weighted by atomic mass is 32.2. The molecule has 0 radical (unpaired) electrons. The van der Waals surface area contributed by atoms with E-state index in [9.17, 15) is 14.4 Å². The van der Waals surface area contributed by atoms with E-state index in [-0.39, 0.29) is 35.1 Å². The molecule has 7 nitrogen and oxygen atoms in total. The zero-order chi connectivity index (χ0) is 30.5. The number of nitrogens with zero attached hydrogens (tertiary/aromatic N) is 3. The lowest BCUT2D eigenvalue weighted by Gasteiger charge is -2.25. The highest BCUT2D eigenvalue weighted by Crippen LogP contribution is 2.31. The van der Waals surface area contributed by atoms with Crippen LogP contribution in [0.2, 0.25) is 0 Å². The molecular formula is C34H45N3O4S. The Labute approximate surface area is 254 Å². The van der Waals surface area contributed by atoms with Gasteiger partial charge < -0.3 is 9.64 Å². The summed E-state index contributed by atoms with van der Waals surface area (Å²) in [4.78, 5) is 47.0. The fourth-order valence-electron chi connectivity index (χ4n) is 4.77. The molecule has 3 rings (SSSR count). The van der Waals surface area contributed by atoms with Crippen molar-refractivity contribution in [3.05, 3.63) is 76.8 Å². The maximum atomic E-state index is 13.8. The maximum Gasteiger partial charge on any atom is 0.319 e. The number of ether oxygens (including phenoxy) is 1. The van der Waals surface area contributed by atoms with Crippen LogP contribution < -0.4 is 10.5 Å². The van der Waals surface area contributed by atoms with Crippen LogP contribution >= 0.6 is 11.8 Å². The van der Waals surface area contributed by atoms with Crippen LogP contribution in [-0.2, 0) is 27.3 Å². The van der Waals surface area contributed by atoms with E-state index in [2.05, 4.69) is 6.92 Å². The molecule has 0 saturated carbocycles. The number of amides is 1. The van der Waals surface area contributed by atoms with E-state index in [0.717, 1.165) is 41.8 Å². The molecule has 1 heterocycles. The Morgan fingerprint density at radius 3 is 2.26 bits per heavy atom. The van der Waals surface area contributed by atoms with Crippen LogP contribution in [0.4, 0.5) is 5.69 Å². The second-order valence-corrected chi connectivity index (χ2v) is 11.9. The van der Waals surface area contributed by atoms with Crippen molar-refractivity contribution in [2.24, 2.45) is 5.92 Å². The predicted octanol–water partition coefficient (Wildman–Crippen LogP) is 7.16. The summed E-state index contributed by atoms with van der Waals surface area (Å²) in [7, 11) is 0. The highest BCUT2D eigenvalue weighted by molar-refractivity contribution is 8.00. The summed E-state index contributed by atoms with van der Waals surface area (Å²) in [6, 6.07) is 18.9. The van der Waals surface area contributed by atoms with Crippen molar-refractivity contribution < 1.29 is 14.3 Å². The molecular weight excluding hydrogens is 546 g/mol. The van der Waals surface area contributed by atoms with Crippen molar-refractivity contribution in [1.29, 1.82) is 0 Å². The van der Waals surface area contributed by atoms with Gasteiger partial charge in [0.05, 0.1) is 12.3 Å². The third kappa shape index (κ3) is 9.31. The topological polar surface area (TPSA) is 81.5 Å². The molecule has 0 N–H and O–H groups in total. The molecule has 1 aromatic heterocycles. The van der Waals surface area contributed by atoms with Gasteiger partial charge in [-0.2, -0.15) is 0 Å². The molecule has 8 heteroatoms. The van der Waals surface area contributed by atoms with E-state index in [4.69, 9.17) is 9.72 Å². The minimum absolute atomic E-state index is 0.0756. The number of esters is 1. The lowest BCUT2D eigenvalue weighted by atomic mass is 10.1. The number of anilines is 1. The number of hydrogen-bond donors (Lipinski definition) is 0. The number of thioether (sulfide) groups is 1. The summed E-state index contributed by atoms with van der Waals surface area (Å²) in [6.07, 6.45) is 5.90. The maximum absolute atomic E-state index is 13.8. The van der Waals surface area contributed by atoms with Crippen LogP contribution in [-0.4, -0.2) is 39.8 Å². The number of carbonyl (C=O) groups excluding carboxylic acids is 2. The molecule has 42 heavy (non-hydrogen) atoms. The van der Waals surface area contributed by atoms with Gasteiger partial charge in [0.25, 0.3) is 5.56 Å². The van der Waals surface area contributed by atoms with E-state index in [1.807, 2.05) is 82.3 Å². The van der Waals surface area contributed by atoms with Crippen molar-refractivity contribution in [3.8, 4) is 11.3 Å². The van der Waals surface area contributed by atoms with Crippen molar-refractivity contribution in [3.63, 3.8) is 0 Å². The Bertz CT molecular complexity index is 1340. The van der Waals surface area contributed by atoms with Crippen LogP contribution in [0.1, 0.15) is 72.5 Å². The molecule has 0 fully saturated rings. The Morgan fingerprint density at radius 1 is 0.952 bits per heavy atom. The van der Waals surface area contributed by atoms with Crippen LogP contribution in [0, 0.1) is 5.92 Å². The zero-order valence-corrected chi connectivity index (χ0v) is 26.5. The fourth-order valence-corrected chi connectivity index (χ4v) is 5.80. The standard InChI is InChI=1S/C34H45N3O4S/c1-6-9-10-11-15-22-36(27-18-20-28(21-19-27)42-33(25(4)5)34(40)41-8-3)32(39)24-37-30(7-2)35-29(23-31(37)38)26-16-13-12-14-17-26/h12-14,16-21,23,25,33H,6-11,15,22,24H2,1-5H3/t33-/m0/s1. The summed E-state index contributed by atoms with van der Waals surface area (Å²) >= 11 is 1.48. The lowest BCUT2D eigenvalue weighted by Crippen LogP contribution is -2.38. The third-order valence-corrected chi connectivity index (χ3v) is 8.62. The van der Waals surface area contributed by atoms with Gasteiger partial charge in [-0.15, -0.1) is 11.8 Å². The zero-order valence-electron chi connectivity index (χ0n) is 25.7. The van der Waals surface area contributed by atoms with Crippen LogP contribution in [0.25, 0.3) is 11.3 Å². The molecule has 2 aromatic carbocycles. The number of hydrogen-bond acceptors (Lipinski definition) is 6. The van der Waals surface area contributed by atoms with Crippen molar-refractivity contribution >= 4 is 29.3 Å².